The number of alkyl carbamates (subject to hydrolysis) is 1. The number of hydrogen-bond acceptors (Lipinski definition) is 5. The zero-order valence-corrected chi connectivity index (χ0v) is 16.5. The Bertz CT molecular complexity index is 736. The molecule has 1 aromatic rings. The van der Waals surface area contributed by atoms with Crippen LogP contribution in [0, 0.1) is 13.8 Å². The van der Waals surface area contributed by atoms with E-state index in [4.69, 9.17) is 11.3 Å². The normalized spacial score (nSPS) is 13.9. The first kappa shape index (κ1) is 20.5. The molecule has 0 spiro atoms. The fourth-order valence-corrected chi connectivity index (χ4v) is 2.47. The second kappa shape index (κ2) is 8.75. The maximum absolute atomic E-state index is 12.7. The smallest absolute Gasteiger partial charge is 0.408 e. The number of nitrogens with one attached hydrogen (secondary N) is 2. The Morgan fingerprint density at radius 3 is 2.19 bits per heavy atom. The third kappa shape index (κ3) is 7.16. The minimum absolute atomic E-state index is 0.0428. The van der Waals surface area contributed by atoms with E-state index in [0.717, 1.165) is 0 Å². The van der Waals surface area contributed by atoms with E-state index in [9.17, 15) is 19.5 Å². The quantitative estimate of drug-likeness (QED) is 0.598. The number of amides is 2. The highest BCUT2D eigenvalue weighted by Gasteiger charge is 2.27. The molecule has 0 radical (unpaired) electrons. The summed E-state index contributed by atoms with van der Waals surface area (Å²) in [5, 5.41) is 21.4. The molecule has 0 aliphatic heterocycles. The molecule has 0 aliphatic carbocycles. The standard InChI is InChI=1S/C19H28N2O6/c1-10-7-13(22)8-11(2)14(10)9-15(16(23)20-12(3)17(24)25)21-18(26)27-19(4,5)6/h7-8,12,15,22H,9H2,1-6H3,(H,20,23)(H,21,26)(H,24,25)/t12-,15-/m0/s1/i/hD. The summed E-state index contributed by atoms with van der Waals surface area (Å²) < 4.78 is 13.3. The van der Waals surface area contributed by atoms with Crippen molar-refractivity contribution in [3.05, 3.63) is 28.8 Å². The minimum Gasteiger partial charge on any atom is -0.508 e. The van der Waals surface area contributed by atoms with Crippen LogP contribution in [0.3, 0.4) is 0 Å². The van der Waals surface area contributed by atoms with E-state index in [-0.39, 0.29) is 12.2 Å². The van der Waals surface area contributed by atoms with Crippen molar-refractivity contribution in [1.82, 2.24) is 10.6 Å². The van der Waals surface area contributed by atoms with Crippen molar-refractivity contribution >= 4 is 18.0 Å². The average Bonchev–Trinajstić information content (AvgIpc) is 2.51. The van der Waals surface area contributed by atoms with Gasteiger partial charge < -0.3 is 25.6 Å². The van der Waals surface area contributed by atoms with Gasteiger partial charge in [0.1, 0.15) is 23.4 Å². The van der Waals surface area contributed by atoms with Gasteiger partial charge in [0.05, 0.1) is 0 Å². The summed E-state index contributed by atoms with van der Waals surface area (Å²) in [6, 6.07) is 0.514. The van der Waals surface area contributed by atoms with Gasteiger partial charge in [-0.3, -0.25) is 9.59 Å². The molecule has 0 unspecified atom stereocenters. The maximum atomic E-state index is 12.7. The van der Waals surface area contributed by atoms with Crippen molar-refractivity contribution in [1.29, 1.82) is 0 Å². The van der Waals surface area contributed by atoms with E-state index >= 15 is 0 Å². The van der Waals surface area contributed by atoms with E-state index in [1.54, 1.807) is 34.6 Å². The number of phenols is 1. The second-order valence-corrected chi connectivity index (χ2v) is 7.46. The van der Waals surface area contributed by atoms with Gasteiger partial charge in [0.2, 0.25) is 5.91 Å². The first-order chi connectivity index (χ1) is 12.7. The molecule has 0 aromatic heterocycles. The largest absolute Gasteiger partial charge is 0.508 e. The predicted molar refractivity (Wildman–Crippen MR) is 99.7 cm³/mol. The third-order valence-electron chi connectivity index (χ3n) is 3.76. The molecule has 8 nitrogen and oxygen atoms in total. The first-order valence-corrected chi connectivity index (χ1v) is 8.56. The van der Waals surface area contributed by atoms with Crippen LogP contribution >= 0.6 is 0 Å². The molecule has 150 valence electrons. The van der Waals surface area contributed by atoms with Gasteiger partial charge in [-0.1, -0.05) is 0 Å². The van der Waals surface area contributed by atoms with Crippen molar-refractivity contribution < 1.29 is 30.7 Å². The molecule has 0 aliphatic rings. The summed E-state index contributed by atoms with van der Waals surface area (Å²) in [7, 11) is 0. The Balaban J connectivity index is 3.22. The number of rotatable bonds is 6. The highest BCUT2D eigenvalue weighted by Crippen LogP contribution is 2.22. The Kier molecular flexibility index (Phi) is 6.65. The number of benzene rings is 1. The van der Waals surface area contributed by atoms with Crippen molar-refractivity contribution in [3.8, 4) is 5.75 Å². The Morgan fingerprint density at radius 2 is 1.74 bits per heavy atom. The number of aliphatic carboxylic acids is 1. The fourth-order valence-electron chi connectivity index (χ4n) is 2.47. The number of carboxylic acid groups (broad SMARTS) is 1. The van der Waals surface area contributed by atoms with Crippen LogP contribution in [0.15, 0.2) is 12.1 Å². The van der Waals surface area contributed by atoms with Crippen LogP contribution in [0.25, 0.3) is 0 Å². The molecule has 27 heavy (non-hydrogen) atoms. The van der Waals surface area contributed by atoms with Crippen LogP contribution in [0.4, 0.5) is 4.79 Å². The molecule has 0 bridgehead atoms. The first-order valence-electron chi connectivity index (χ1n) is 9.01. The number of carbonyl (C=O) groups is 3. The van der Waals surface area contributed by atoms with E-state index in [1.165, 1.54) is 19.1 Å². The summed E-state index contributed by atoms with van der Waals surface area (Å²) in [6.45, 7) is 9.66. The number of hydrogen-bond donors (Lipinski definition) is 4. The lowest BCUT2D eigenvalue weighted by Crippen LogP contribution is -2.52. The Hall–Kier alpha value is -2.77. The van der Waals surface area contributed by atoms with Gasteiger partial charge in [-0.2, -0.15) is 0 Å². The molecule has 0 saturated heterocycles. The maximum Gasteiger partial charge on any atom is 0.408 e. The van der Waals surface area contributed by atoms with Gasteiger partial charge in [0.25, 0.3) is 0 Å². The number of aromatic hydroxyl groups is 1. The van der Waals surface area contributed by atoms with Crippen LogP contribution in [0.1, 0.15) is 44.4 Å². The molecular weight excluding hydrogens is 352 g/mol. The van der Waals surface area contributed by atoms with Crippen LogP contribution in [0.2, 0.25) is 1.41 Å². The molecule has 0 saturated carbocycles. The number of phenolic OH excluding ortho intramolecular Hbond substituents is 1. The van der Waals surface area contributed by atoms with Gasteiger partial charge >= 0.3 is 12.1 Å². The minimum atomic E-state index is -1.32. The van der Waals surface area contributed by atoms with Gasteiger partial charge in [-0.15, -0.1) is 0 Å². The predicted octanol–water partition coefficient (Wildman–Crippen LogP) is 2.03. The molecule has 2 amide bonds. The van der Waals surface area contributed by atoms with Crippen molar-refractivity contribution in [2.75, 3.05) is 0 Å². The van der Waals surface area contributed by atoms with Gasteiger partial charge in [-0.05, 0) is 70.4 Å². The molecule has 8 heteroatoms. The number of aryl methyl sites for hydroxylation is 2. The van der Waals surface area contributed by atoms with E-state index in [2.05, 4.69) is 5.32 Å². The molecule has 1 aromatic carbocycles. The SMILES string of the molecule is [2H]N(C(=O)OC(C)(C)C)[C@@H](Cc1c(C)cc(O)cc1C)C(=O)N[C@@H](C)C(=O)O. The third-order valence-corrected chi connectivity index (χ3v) is 3.76. The number of carbonyl (C=O) groups excluding carboxylic acids is 2. The van der Waals surface area contributed by atoms with E-state index < -0.39 is 35.7 Å². The lowest BCUT2D eigenvalue weighted by molar-refractivity contribution is -0.141. The topological polar surface area (TPSA) is 125 Å². The summed E-state index contributed by atoms with van der Waals surface area (Å²) in [4.78, 5) is 36.0. The van der Waals surface area contributed by atoms with Gasteiger partial charge in [0, 0.05) is 6.42 Å². The molecule has 4 N–H and O–H groups in total. The molecule has 0 heterocycles. The van der Waals surface area contributed by atoms with Crippen molar-refractivity contribution in [2.24, 2.45) is 0 Å². The summed E-state index contributed by atoms with van der Waals surface area (Å²) in [5.74, 6) is -1.96. The van der Waals surface area contributed by atoms with Crippen molar-refractivity contribution in [2.45, 2.75) is 65.6 Å². The van der Waals surface area contributed by atoms with Crippen LogP contribution in [0.5, 0.6) is 5.75 Å². The molecular formula is C19H28N2O6. The molecule has 0 fully saturated rings. The summed E-state index contributed by atoms with van der Waals surface area (Å²) in [6.07, 6.45) is -1.07. The van der Waals surface area contributed by atoms with E-state index in [0.29, 0.717) is 22.0 Å². The zero-order valence-electron chi connectivity index (χ0n) is 17.5. The summed E-state index contributed by atoms with van der Waals surface area (Å²) >= 11 is 0. The Labute approximate surface area is 160 Å². The second-order valence-electron chi connectivity index (χ2n) is 7.46. The fraction of sp³-hybridized carbons (Fsp3) is 0.526. The highest BCUT2D eigenvalue weighted by atomic mass is 16.6. The van der Waals surface area contributed by atoms with E-state index in [1.807, 2.05) is 0 Å². The molecule has 2 atom stereocenters. The zero-order chi connectivity index (χ0) is 21.8. The van der Waals surface area contributed by atoms with Crippen molar-refractivity contribution in [3.63, 3.8) is 0 Å². The molecule has 1 rings (SSSR count). The van der Waals surface area contributed by atoms with Crippen LogP contribution < -0.4 is 10.6 Å². The van der Waals surface area contributed by atoms with Crippen LogP contribution in [-0.4, -0.2) is 45.9 Å². The monoisotopic (exact) mass is 381 g/mol. The highest BCUT2D eigenvalue weighted by molar-refractivity contribution is 5.89. The number of ether oxygens (including phenoxy) is 1. The van der Waals surface area contributed by atoms with Gasteiger partial charge in [0.15, 0.2) is 1.41 Å². The lowest BCUT2D eigenvalue weighted by Gasteiger charge is -2.25. The lowest BCUT2D eigenvalue weighted by atomic mass is 9.95. The average molecular weight is 381 g/mol. The van der Waals surface area contributed by atoms with Gasteiger partial charge in [-0.25, -0.2) is 4.79 Å². The Morgan fingerprint density at radius 1 is 1.22 bits per heavy atom. The van der Waals surface area contributed by atoms with Crippen LogP contribution in [-0.2, 0) is 20.7 Å². The number of carboxylic acids is 1. The summed E-state index contributed by atoms with van der Waals surface area (Å²) in [5.41, 5.74) is 1.16.